The van der Waals surface area contributed by atoms with Gasteiger partial charge in [-0.25, -0.2) is 14.6 Å². The zero-order valence-corrected chi connectivity index (χ0v) is 25.1. The lowest BCUT2D eigenvalue weighted by atomic mass is 9.93. The lowest BCUT2D eigenvalue weighted by Crippen LogP contribution is -2.40. The highest BCUT2D eigenvalue weighted by molar-refractivity contribution is 7.97. The number of carbonyl (C=O) groups excluding carboxylic acids is 1. The molecular formula is C30H36F3N7O2S. The molecule has 4 bridgehead atoms. The van der Waals surface area contributed by atoms with Crippen LogP contribution in [0.5, 0.6) is 5.88 Å². The summed E-state index contributed by atoms with van der Waals surface area (Å²) in [6, 6.07) is 10.8. The fraction of sp³-hybridized carbons (Fsp3) is 0.533. The van der Waals surface area contributed by atoms with E-state index >= 15 is 0 Å². The lowest BCUT2D eigenvalue weighted by Gasteiger charge is -2.34. The van der Waals surface area contributed by atoms with Gasteiger partial charge in [0.25, 0.3) is 5.91 Å². The van der Waals surface area contributed by atoms with Crippen LogP contribution in [0.2, 0.25) is 0 Å². The van der Waals surface area contributed by atoms with E-state index in [0.29, 0.717) is 40.4 Å². The summed E-state index contributed by atoms with van der Waals surface area (Å²) in [7, 11) is 0. The van der Waals surface area contributed by atoms with Crippen molar-refractivity contribution in [1.29, 1.82) is 0 Å². The van der Waals surface area contributed by atoms with Crippen LogP contribution >= 0.6 is 11.9 Å². The van der Waals surface area contributed by atoms with Crippen molar-refractivity contribution in [3.05, 3.63) is 48.2 Å². The predicted octanol–water partition coefficient (Wildman–Crippen LogP) is 6.41. The second kappa shape index (κ2) is 11.5. The van der Waals surface area contributed by atoms with E-state index in [1.54, 1.807) is 29.1 Å². The second-order valence-corrected chi connectivity index (χ2v) is 13.2. The third-order valence-corrected chi connectivity index (χ3v) is 9.42. The zero-order valence-electron chi connectivity index (χ0n) is 24.3. The van der Waals surface area contributed by atoms with E-state index in [4.69, 9.17) is 9.72 Å². The van der Waals surface area contributed by atoms with Gasteiger partial charge in [0.15, 0.2) is 5.82 Å². The fourth-order valence-corrected chi connectivity index (χ4v) is 6.76. The number of ether oxygens (including phenoxy) is 1. The fourth-order valence-electron chi connectivity index (χ4n) is 6.16. The Morgan fingerprint density at radius 2 is 1.98 bits per heavy atom. The van der Waals surface area contributed by atoms with Crippen LogP contribution in [-0.4, -0.2) is 57.1 Å². The van der Waals surface area contributed by atoms with Crippen molar-refractivity contribution in [2.45, 2.75) is 75.5 Å². The van der Waals surface area contributed by atoms with Crippen molar-refractivity contribution in [2.24, 2.45) is 11.3 Å². The molecule has 3 aromatic rings. The Balaban J connectivity index is 1.22. The first kappa shape index (κ1) is 29.6. The monoisotopic (exact) mass is 615 g/mol. The molecule has 1 saturated carbocycles. The third kappa shape index (κ3) is 6.41. The van der Waals surface area contributed by atoms with Crippen LogP contribution < -0.4 is 19.7 Å². The van der Waals surface area contributed by atoms with E-state index in [-0.39, 0.29) is 37.3 Å². The summed E-state index contributed by atoms with van der Waals surface area (Å²) in [4.78, 5) is 25.3. The van der Waals surface area contributed by atoms with Crippen LogP contribution in [0, 0.1) is 11.3 Å². The maximum Gasteiger partial charge on any atom is 0.394 e. The van der Waals surface area contributed by atoms with Gasteiger partial charge in [-0.05, 0) is 89.0 Å². The highest BCUT2D eigenvalue weighted by atomic mass is 32.2. The Morgan fingerprint density at radius 1 is 1.14 bits per heavy atom. The first-order valence-corrected chi connectivity index (χ1v) is 15.6. The number of aromatic nitrogens is 4. The molecule has 13 heteroatoms. The molecule has 43 heavy (non-hydrogen) atoms. The standard InChI is InChI=1S/C30H36F3N7O2S/c1-28(2)18-20-6-4-15-34-22-7-3-8-25(35-22)43-38-27(41)21-9-10-23(36-26(21)39(28)19-20)40-16-11-24(37-40)42-17-5-12-29(13-14-29)30(31,32)33/h3,7-11,16,20H,4-6,12-15,17-19H2,1-2H3,(H,34,35)(H,38,41)/t20-/m0/s1. The zero-order chi connectivity index (χ0) is 30.2. The summed E-state index contributed by atoms with van der Waals surface area (Å²) in [5.74, 6) is 2.36. The smallest absolute Gasteiger partial charge is 0.394 e. The van der Waals surface area contributed by atoms with Gasteiger partial charge < -0.3 is 15.0 Å². The molecule has 3 aromatic heterocycles. The SMILES string of the molecule is CC1(C)C[C@@H]2CCCNc3cccc(n3)SNC(=O)c3ccc(-n4ccc(OCCCC5(C(F)(F)F)CC5)n4)nc3N1C2. The number of carbonyl (C=O) groups is 1. The van der Waals surface area contributed by atoms with Crippen molar-refractivity contribution < 1.29 is 22.7 Å². The van der Waals surface area contributed by atoms with Gasteiger partial charge in [-0.3, -0.25) is 9.52 Å². The highest BCUT2D eigenvalue weighted by Crippen LogP contribution is 2.60. The maximum absolute atomic E-state index is 13.5. The van der Waals surface area contributed by atoms with Gasteiger partial charge in [0.2, 0.25) is 5.88 Å². The van der Waals surface area contributed by atoms with E-state index in [9.17, 15) is 18.0 Å². The molecule has 0 aromatic carbocycles. The van der Waals surface area contributed by atoms with Crippen LogP contribution in [0.3, 0.4) is 0 Å². The Hall–Kier alpha value is -3.48. The minimum atomic E-state index is -4.16. The summed E-state index contributed by atoms with van der Waals surface area (Å²) in [5.41, 5.74) is -1.29. The minimum Gasteiger partial charge on any atom is -0.477 e. The average molecular weight is 616 g/mol. The number of hydrogen-bond acceptors (Lipinski definition) is 8. The molecule has 5 heterocycles. The molecule has 1 atom stereocenters. The minimum absolute atomic E-state index is 0.0640. The normalized spacial score (nSPS) is 21.2. The van der Waals surface area contributed by atoms with Crippen LogP contribution in [0.25, 0.3) is 5.82 Å². The van der Waals surface area contributed by atoms with Crippen LogP contribution in [-0.2, 0) is 0 Å². The topological polar surface area (TPSA) is 97.2 Å². The molecule has 0 unspecified atom stereocenters. The van der Waals surface area contributed by atoms with Gasteiger partial charge in [-0.1, -0.05) is 6.07 Å². The van der Waals surface area contributed by atoms with Gasteiger partial charge in [-0.2, -0.15) is 13.2 Å². The number of alkyl halides is 3. The summed E-state index contributed by atoms with van der Waals surface area (Å²) in [5, 5.41) is 8.54. The van der Waals surface area contributed by atoms with Crippen molar-refractivity contribution in [3.8, 4) is 11.7 Å². The molecule has 3 aliphatic rings. The second-order valence-electron chi connectivity index (χ2n) is 12.3. The number of nitrogens with one attached hydrogen (secondary N) is 2. The van der Waals surface area contributed by atoms with Gasteiger partial charge >= 0.3 is 6.18 Å². The van der Waals surface area contributed by atoms with Gasteiger partial charge in [0, 0.05) is 42.8 Å². The molecule has 2 fully saturated rings. The molecule has 6 rings (SSSR count). The number of fused-ring (bicyclic) bond motifs is 6. The van der Waals surface area contributed by atoms with Crippen molar-refractivity contribution in [1.82, 2.24) is 24.5 Å². The largest absolute Gasteiger partial charge is 0.477 e. The molecule has 1 saturated heterocycles. The van der Waals surface area contributed by atoms with Crippen LogP contribution in [0.1, 0.15) is 69.2 Å². The van der Waals surface area contributed by atoms with E-state index in [1.165, 1.54) is 0 Å². The molecule has 0 spiro atoms. The third-order valence-electron chi connectivity index (χ3n) is 8.69. The first-order valence-electron chi connectivity index (χ1n) is 14.8. The van der Waals surface area contributed by atoms with E-state index in [2.05, 4.69) is 38.9 Å². The molecule has 9 nitrogen and oxygen atoms in total. The van der Waals surface area contributed by atoms with Crippen LogP contribution in [0.4, 0.5) is 24.8 Å². The molecular weight excluding hydrogens is 579 g/mol. The highest BCUT2D eigenvalue weighted by Gasteiger charge is 2.62. The molecule has 230 valence electrons. The predicted molar refractivity (Wildman–Crippen MR) is 159 cm³/mol. The summed E-state index contributed by atoms with van der Waals surface area (Å²) >= 11 is 1.16. The lowest BCUT2D eigenvalue weighted by molar-refractivity contribution is -0.189. The number of rotatable bonds is 6. The van der Waals surface area contributed by atoms with E-state index in [0.717, 1.165) is 50.1 Å². The number of pyridine rings is 2. The Labute approximate surface area is 253 Å². The van der Waals surface area contributed by atoms with Crippen molar-refractivity contribution in [2.75, 3.05) is 29.9 Å². The van der Waals surface area contributed by atoms with E-state index in [1.807, 2.05) is 18.2 Å². The first-order chi connectivity index (χ1) is 20.5. The Kier molecular flexibility index (Phi) is 7.95. The number of amides is 1. The molecule has 0 radical (unpaired) electrons. The Morgan fingerprint density at radius 3 is 2.77 bits per heavy atom. The summed E-state index contributed by atoms with van der Waals surface area (Å²) in [6.45, 7) is 6.10. The molecule has 2 N–H and O–H groups in total. The summed E-state index contributed by atoms with van der Waals surface area (Å²) in [6.07, 6.45) is 1.31. The Bertz CT molecular complexity index is 1470. The number of nitrogens with zero attached hydrogens (tertiary/aromatic N) is 5. The number of hydrogen-bond donors (Lipinski definition) is 2. The number of halogens is 3. The molecule has 1 amide bonds. The van der Waals surface area contributed by atoms with Crippen molar-refractivity contribution >= 4 is 29.5 Å². The number of anilines is 2. The molecule has 1 aliphatic carbocycles. The average Bonchev–Trinajstić information content (AvgIpc) is 3.52. The van der Waals surface area contributed by atoms with Crippen molar-refractivity contribution in [3.63, 3.8) is 0 Å². The van der Waals surface area contributed by atoms with Gasteiger partial charge in [0.05, 0.1) is 17.6 Å². The van der Waals surface area contributed by atoms with Gasteiger partial charge in [0.1, 0.15) is 16.7 Å². The van der Waals surface area contributed by atoms with Crippen LogP contribution in [0.15, 0.2) is 47.6 Å². The van der Waals surface area contributed by atoms with E-state index < -0.39 is 11.6 Å². The summed E-state index contributed by atoms with van der Waals surface area (Å²) < 4.78 is 49.8. The molecule has 2 aliphatic heterocycles. The quantitative estimate of drug-likeness (QED) is 0.243. The van der Waals surface area contributed by atoms with Gasteiger partial charge in [-0.15, -0.1) is 5.10 Å². The maximum atomic E-state index is 13.5.